The molecule has 9 heterocycles. The molecule has 0 bridgehead atoms. The van der Waals surface area contributed by atoms with Crippen molar-refractivity contribution in [3.05, 3.63) is 97.4 Å². The molecule has 10 aliphatic rings. The van der Waals surface area contributed by atoms with Crippen LogP contribution < -0.4 is 31.9 Å². The molecule has 9 aliphatic heterocycles. The Hall–Kier alpha value is -4.60. The van der Waals surface area contributed by atoms with E-state index in [4.69, 9.17) is 18.9 Å². The average Bonchev–Trinajstić information content (AvgIpc) is 1.89. The Kier molecular flexibility index (Phi) is 317. The number of allylic oxidation sites excluding steroid dienone is 4. The van der Waals surface area contributed by atoms with Gasteiger partial charge in [0.2, 0.25) is 11.8 Å². The van der Waals surface area contributed by atoms with Gasteiger partial charge in [0.15, 0.2) is 0 Å². The van der Waals surface area contributed by atoms with Crippen molar-refractivity contribution in [3.8, 4) is 0 Å². The van der Waals surface area contributed by atoms with E-state index in [0.717, 1.165) is 97.1 Å². The second kappa shape index (κ2) is 218. The highest BCUT2D eigenvalue weighted by atomic mass is 16.5. The van der Waals surface area contributed by atoms with Crippen LogP contribution in [0.1, 0.15) is 399 Å². The Morgan fingerprint density at radius 3 is 0.953 bits per heavy atom. The van der Waals surface area contributed by atoms with Gasteiger partial charge >= 0.3 is 12.0 Å². The highest BCUT2D eigenvalue weighted by Gasteiger charge is 2.12. The standard InChI is InChI=1S/C7H10.C6H13N.C6H10O2.C6H8O.C6H12O.C5H9N.C5H8O.C4H6N2O2.C4H5NO.C4H7N.20C2H6/c1-7-5-3-2-4-6-7;1-2-4-6-7-5-3-1;7-6-4-2-1-3-5-8-6;1-6-4-2-3-5-7-6;1-2-4-6-7-5-3-1;2*1-2-4-6-5-3-1;7-3-1-2-5-4(8)6-3;6-4-2-1-3-5-4;1-2-4-5-3-1;20*1-2/h3,5H,1-2,4,6H2;7H,1-6H2;1-5H2;2,4H,1,3,5H2;1-6H2;1-2,6H,3-5H2;1-2H,3-5H2;1-2H2,(H2,5,6,7,8);1-2H,3H2,(H,5,6);1-2,5H,3-4H2;20*1-2H3. The molecular formula is C93H208N6O8. The third kappa shape index (κ3) is 214. The molecular weight excluding hydrogens is 1330 g/mol. The lowest BCUT2D eigenvalue weighted by Gasteiger charge is -2.10. The molecule has 0 aromatic heterocycles. The second-order valence-corrected chi connectivity index (χ2v) is 16.3. The predicted octanol–water partition coefficient (Wildman–Crippen LogP) is 28.6. The molecule has 0 aromatic carbocycles. The molecule has 0 radical (unpaired) electrons. The van der Waals surface area contributed by atoms with E-state index in [1.807, 2.05) is 289 Å². The normalized spacial score (nSPS) is 14.3. The summed E-state index contributed by atoms with van der Waals surface area (Å²) in [7, 11) is 0. The Morgan fingerprint density at radius 1 is 0.290 bits per heavy atom. The molecule has 1 aliphatic carbocycles. The van der Waals surface area contributed by atoms with E-state index < -0.39 is 0 Å². The van der Waals surface area contributed by atoms with Gasteiger partial charge in [-0.25, -0.2) is 4.79 Å². The van der Waals surface area contributed by atoms with Crippen LogP contribution in [0.2, 0.25) is 0 Å². The van der Waals surface area contributed by atoms with Crippen molar-refractivity contribution in [2.45, 2.75) is 399 Å². The zero-order valence-corrected chi connectivity index (χ0v) is 80.9. The predicted molar refractivity (Wildman–Crippen MR) is 500 cm³/mol. The highest BCUT2D eigenvalue weighted by Crippen LogP contribution is 2.13. The van der Waals surface area contributed by atoms with Gasteiger partial charge in [-0.05, 0) is 109 Å². The first-order chi connectivity index (χ1) is 52.9. The number of cyclic esters (lactones) is 1. The molecule has 107 heavy (non-hydrogen) atoms. The molecule has 10 rings (SSSR count). The van der Waals surface area contributed by atoms with Gasteiger partial charge in [0, 0.05) is 64.9 Å². The topological polar surface area (TPSA) is 177 Å². The summed E-state index contributed by atoms with van der Waals surface area (Å²) < 4.78 is 19.9. The fourth-order valence-corrected chi connectivity index (χ4v) is 6.33. The quantitative estimate of drug-likeness (QED) is 0.100. The van der Waals surface area contributed by atoms with Crippen LogP contribution in [0, 0.1) is 0 Å². The highest BCUT2D eigenvalue weighted by molar-refractivity contribution is 5.96. The van der Waals surface area contributed by atoms with Crippen molar-refractivity contribution < 1.29 is 38.1 Å². The number of rotatable bonds is 0. The van der Waals surface area contributed by atoms with Crippen molar-refractivity contribution in [1.29, 1.82) is 0 Å². The third-order valence-electron chi connectivity index (χ3n) is 10.1. The number of nitrogens with one attached hydrogen (secondary N) is 6. The maximum absolute atomic E-state index is 10.5. The zero-order valence-electron chi connectivity index (χ0n) is 80.9. The van der Waals surface area contributed by atoms with E-state index in [2.05, 4.69) is 93.7 Å². The lowest BCUT2D eigenvalue weighted by Crippen LogP contribution is -2.46. The van der Waals surface area contributed by atoms with E-state index in [0.29, 0.717) is 32.5 Å². The SMILES string of the molecule is C1=CCNC1.C1=CCNCC1.C1=CCOCC1.C1CCCNCC1.C1CCCOCC1.C=C1C=CCCC1.C=C1C=CCCO1.CC.CC.CC.CC.CC.CC.CC.CC.CC.CC.CC.CC.CC.CC.CC.CC.CC.CC.CC.CC.O=C1C=CCN1.O=C1CCCCCO1.O=C1CCNC(=O)N1. The Labute approximate surface area is 678 Å². The van der Waals surface area contributed by atoms with Crippen LogP contribution in [0.15, 0.2) is 97.4 Å². The minimum absolute atomic E-state index is 0.0231. The van der Waals surface area contributed by atoms with E-state index >= 15 is 0 Å². The van der Waals surface area contributed by atoms with Gasteiger partial charge < -0.3 is 45.5 Å². The molecule has 0 atom stereocenters. The van der Waals surface area contributed by atoms with Gasteiger partial charge in [-0.3, -0.25) is 19.7 Å². The molecule has 14 heteroatoms. The molecule has 6 N–H and O–H groups in total. The number of urea groups is 1. The number of hydrogen-bond acceptors (Lipinski definition) is 11. The van der Waals surface area contributed by atoms with Crippen LogP contribution in [-0.4, -0.2) is 116 Å². The van der Waals surface area contributed by atoms with E-state index in [1.54, 1.807) is 6.08 Å². The van der Waals surface area contributed by atoms with Gasteiger partial charge in [0.05, 0.1) is 26.4 Å². The third-order valence-corrected chi connectivity index (χ3v) is 10.1. The van der Waals surface area contributed by atoms with Crippen LogP contribution in [-0.2, 0) is 33.3 Å². The second-order valence-electron chi connectivity index (χ2n) is 16.3. The summed E-state index contributed by atoms with van der Waals surface area (Å²) in [5.74, 6) is 0.581. The Morgan fingerprint density at radius 2 is 0.710 bits per heavy atom. The van der Waals surface area contributed by atoms with Crippen LogP contribution in [0.3, 0.4) is 0 Å². The van der Waals surface area contributed by atoms with Crippen molar-refractivity contribution in [1.82, 2.24) is 31.9 Å². The fraction of sp³-hybridized carbons (Fsp3) is 0.785. The number of hydrogen-bond donors (Lipinski definition) is 6. The summed E-state index contributed by atoms with van der Waals surface area (Å²) in [6.07, 6.45) is 46.6. The molecule has 0 aromatic rings. The molecule has 0 unspecified atom stereocenters. The van der Waals surface area contributed by atoms with Gasteiger partial charge in [0.1, 0.15) is 5.76 Å². The summed E-state index contributed by atoms with van der Waals surface area (Å²) in [6.45, 7) is 101. The van der Waals surface area contributed by atoms with Crippen molar-refractivity contribution >= 4 is 23.8 Å². The van der Waals surface area contributed by atoms with Crippen molar-refractivity contribution in [3.63, 3.8) is 0 Å². The molecule has 0 saturated carbocycles. The van der Waals surface area contributed by atoms with Crippen LogP contribution in [0.4, 0.5) is 4.79 Å². The van der Waals surface area contributed by atoms with Crippen LogP contribution >= 0.6 is 0 Å². The number of amides is 4. The Balaban J connectivity index is -0.0000000415. The van der Waals surface area contributed by atoms with E-state index in [-0.39, 0.29) is 23.8 Å². The number of ether oxygens (including phenoxy) is 4. The summed E-state index contributed by atoms with van der Waals surface area (Å²) in [4.78, 5) is 41.0. The number of carbonyl (C=O) groups is 4. The summed E-state index contributed by atoms with van der Waals surface area (Å²) in [5.41, 5.74) is 1.28. The first-order valence-corrected chi connectivity index (χ1v) is 45.1. The lowest BCUT2D eigenvalue weighted by atomic mass is 10.0. The maximum atomic E-state index is 10.5. The smallest absolute Gasteiger partial charge is 0.321 e. The monoisotopic (exact) mass is 1540 g/mol. The molecule has 658 valence electrons. The number of imide groups is 1. The molecule has 14 nitrogen and oxygen atoms in total. The molecule has 4 fully saturated rings. The maximum Gasteiger partial charge on any atom is 0.321 e. The van der Waals surface area contributed by atoms with Crippen molar-refractivity contribution in [2.24, 2.45) is 0 Å². The van der Waals surface area contributed by atoms with Crippen LogP contribution in [0.25, 0.3) is 0 Å². The first kappa shape index (κ1) is 155. The fourth-order valence-electron chi connectivity index (χ4n) is 6.33. The van der Waals surface area contributed by atoms with Gasteiger partial charge in [-0.2, -0.15) is 0 Å². The largest absolute Gasteiger partial charge is 0.494 e. The zero-order chi connectivity index (χ0) is 88.4. The van der Waals surface area contributed by atoms with Gasteiger partial charge in [0.25, 0.3) is 0 Å². The molecule has 4 saturated heterocycles. The van der Waals surface area contributed by atoms with Crippen molar-refractivity contribution in [2.75, 3.05) is 92.0 Å². The summed E-state index contributed by atoms with van der Waals surface area (Å²) >= 11 is 0. The molecule has 4 amide bonds. The van der Waals surface area contributed by atoms with E-state index in [1.165, 1.54) is 102 Å². The first-order valence-electron chi connectivity index (χ1n) is 45.1. The number of carbonyl (C=O) groups excluding carboxylic acids is 4. The summed E-state index contributed by atoms with van der Waals surface area (Å²) in [6, 6.07) is -0.388. The van der Waals surface area contributed by atoms with E-state index in [9.17, 15) is 19.2 Å². The lowest BCUT2D eigenvalue weighted by molar-refractivity contribution is -0.142. The minimum Gasteiger partial charge on any atom is -0.494 e. The Bertz CT molecular complexity index is 1360. The average molecular weight is 1540 g/mol. The molecule has 0 spiro atoms. The van der Waals surface area contributed by atoms with Crippen LogP contribution in [0.5, 0.6) is 0 Å². The van der Waals surface area contributed by atoms with Gasteiger partial charge in [-0.15, -0.1) is 0 Å². The summed E-state index contributed by atoms with van der Waals surface area (Å²) in [5, 5.41) is 16.8. The number of esters is 1. The minimum atomic E-state index is -0.388. The van der Waals surface area contributed by atoms with Gasteiger partial charge in [-0.1, -0.05) is 382 Å².